The summed E-state index contributed by atoms with van der Waals surface area (Å²) < 4.78 is 0. The number of nitrogen functional groups attached to an aromatic ring is 2. The first-order chi connectivity index (χ1) is 9.74. The maximum atomic E-state index is 5.96. The van der Waals surface area contributed by atoms with E-state index in [0.29, 0.717) is 17.2 Å². The van der Waals surface area contributed by atoms with Gasteiger partial charge in [0.1, 0.15) is 0 Å². The SMILES string of the molecule is Nc1ccc(N)c(-c2nccc(-c3ccccn3)n2)c1. The van der Waals surface area contributed by atoms with Crippen molar-refractivity contribution in [3.63, 3.8) is 0 Å². The Balaban J connectivity index is 2.10. The van der Waals surface area contributed by atoms with E-state index in [0.717, 1.165) is 17.0 Å². The number of hydrogen-bond donors (Lipinski definition) is 2. The van der Waals surface area contributed by atoms with Gasteiger partial charge >= 0.3 is 0 Å². The van der Waals surface area contributed by atoms with E-state index in [9.17, 15) is 0 Å². The molecule has 20 heavy (non-hydrogen) atoms. The van der Waals surface area contributed by atoms with E-state index >= 15 is 0 Å². The predicted molar refractivity (Wildman–Crippen MR) is 79.5 cm³/mol. The summed E-state index contributed by atoms with van der Waals surface area (Å²) in [5.41, 5.74) is 15.2. The minimum Gasteiger partial charge on any atom is -0.399 e. The molecule has 0 aliphatic heterocycles. The van der Waals surface area contributed by atoms with Gasteiger partial charge in [-0.25, -0.2) is 9.97 Å². The average Bonchev–Trinajstić information content (AvgIpc) is 2.51. The molecule has 4 N–H and O–H groups in total. The highest BCUT2D eigenvalue weighted by atomic mass is 14.9. The molecule has 98 valence electrons. The number of aromatic nitrogens is 3. The van der Waals surface area contributed by atoms with Crippen LogP contribution >= 0.6 is 0 Å². The molecule has 2 aromatic heterocycles. The van der Waals surface area contributed by atoms with Crippen LogP contribution in [0.15, 0.2) is 54.9 Å². The van der Waals surface area contributed by atoms with E-state index in [1.54, 1.807) is 30.6 Å². The topological polar surface area (TPSA) is 90.7 Å². The summed E-state index contributed by atoms with van der Waals surface area (Å²) in [5, 5.41) is 0. The molecule has 0 fully saturated rings. The molecule has 0 bridgehead atoms. The predicted octanol–water partition coefficient (Wildman–Crippen LogP) is 2.37. The van der Waals surface area contributed by atoms with Crippen LogP contribution in [0, 0.1) is 0 Å². The molecule has 2 heterocycles. The van der Waals surface area contributed by atoms with Crippen LogP contribution in [0.2, 0.25) is 0 Å². The largest absolute Gasteiger partial charge is 0.399 e. The third-order valence-corrected chi connectivity index (χ3v) is 2.90. The number of anilines is 2. The average molecular weight is 263 g/mol. The first kappa shape index (κ1) is 12.1. The lowest BCUT2D eigenvalue weighted by Crippen LogP contribution is -1.98. The van der Waals surface area contributed by atoms with Crippen LogP contribution in [0.4, 0.5) is 11.4 Å². The molecule has 0 saturated carbocycles. The van der Waals surface area contributed by atoms with Crippen molar-refractivity contribution in [3.05, 3.63) is 54.9 Å². The van der Waals surface area contributed by atoms with E-state index in [4.69, 9.17) is 11.5 Å². The van der Waals surface area contributed by atoms with Crippen molar-refractivity contribution in [2.45, 2.75) is 0 Å². The van der Waals surface area contributed by atoms with E-state index in [1.165, 1.54) is 0 Å². The Kier molecular flexibility index (Phi) is 3.01. The molecule has 0 atom stereocenters. The van der Waals surface area contributed by atoms with Gasteiger partial charge in [-0.05, 0) is 36.4 Å². The van der Waals surface area contributed by atoms with Gasteiger partial charge < -0.3 is 11.5 Å². The van der Waals surface area contributed by atoms with Crippen LogP contribution < -0.4 is 11.5 Å². The van der Waals surface area contributed by atoms with Crippen LogP contribution in [-0.4, -0.2) is 15.0 Å². The van der Waals surface area contributed by atoms with Crippen molar-refractivity contribution in [2.24, 2.45) is 0 Å². The minimum atomic E-state index is 0.540. The zero-order valence-electron chi connectivity index (χ0n) is 10.7. The standard InChI is InChI=1S/C15H13N5/c16-10-4-5-12(17)11(9-10)15-19-8-6-14(20-15)13-3-1-2-7-18-13/h1-9H,16-17H2. The van der Waals surface area contributed by atoms with Gasteiger partial charge in [0.2, 0.25) is 0 Å². The Labute approximate surface area is 116 Å². The molecule has 0 radical (unpaired) electrons. The Morgan fingerprint density at radius 1 is 0.800 bits per heavy atom. The smallest absolute Gasteiger partial charge is 0.161 e. The normalized spacial score (nSPS) is 10.4. The lowest BCUT2D eigenvalue weighted by Gasteiger charge is -2.07. The van der Waals surface area contributed by atoms with Gasteiger partial charge in [-0.15, -0.1) is 0 Å². The quantitative estimate of drug-likeness (QED) is 0.693. The van der Waals surface area contributed by atoms with Crippen LogP contribution in [0.25, 0.3) is 22.8 Å². The summed E-state index contributed by atoms with van der Waals surface area (Å²) in [4.78, 5) is 13.0. The molecule has 3 aromatic rings. The highest BCUT2D eigenvalue weighted by Crippen LogP contribution is 2.26. The van der Waals surface area contributed by atoms with Crippen molar-refractivity contribution in [3.8, 4) is 22.8 Å². The van der Waals surface area contributed by atoms with Gasteiger partial charge in [0.15, 0.2) is 5.82 Å². The van der Waals surface area contributed by atoms with Crippen molar-refractivity contribution < 1.29 is 0 Å². The second kappa shape index (κ2) is 4.97. The fraction of sp³-hybridized carbons (Fsp3) is 0. The van der Waals surface area contributed by atoms with E-state index in [-0.39, 0.29) is 0 Å². The summed E-state index contributed by atoms with van der Waals surface area (Å²) in [6.07, 6.45) is 3.42. The van der Waals surface area contributed by atoms with Gasteiger partial charge in [-0.2, -0.15) is 0 Å². The molecule has 0 aliphatic rings. The first-order valence-corrected chi connectivity index (χ1v) is 6.14. The van der Waals surface area contributed by atoms with E-state index in [2.05, 4.69) is 15.0 Å². The Morgan fingerprint density at radius 2 is 1.70 bits per heavy atom. The van der Waals surface area contributed by atoms with Crippen LogP contribution in [0.5, 0.6) is 0 Å². The Morgan fingerprint density at radius 3 is 2.50 bits per heavy atom. The zero-order valence-corrected chi connectivity index (χ0v) is 10.7. The molecule has 0 amide bonds. The highest BCUT2D eigenvalue weighted by Gasteiger charge is 2.08. The van der Waals surface area contributed by atoms with Gasteiger partial charge in [0.05, 0.1) is 11.4 Å². The summed E-state index contributed by atoms with van der Waals surface area (Å²) in [5.74, 6) is 0.540. The number of hydrogen-bond acceptors (Lipinski definition) is 5. The number of nitrogens with zero attached hydrogens (tertiary/aromatic N) is 3. The second-order valence-electron chi connectivity index (χ2n) is 4.33. The molecule has 0 unspecified atom stereocenters. The molecule has 0 spiro atoms. The van der Waals surface area contributed by atoms with Crippen LogP contribution in [-0.2, 0) is 0 Å². The molecular weight excluding hydrogens is 250 g/mol. The maximum Gasteiger partial charge on any atom is 0.161 e. The number of pyridine rings is 1. The molecule has 0 aliphatic carbocycles. The monoisotopic (exact) mass is 263 g/mol. The first-order valence-electron chi connectivity index (χ1n) is 6.14. The number of benzene rings is 1. The van der Waals surface area contributed by atoms with Gasteiger partial charge in [-0.1, -0.05) is 6.07 Å². The van der Waals surface area contributed by atoms with Crippen LogP contribution in [0.1, 0.15) is 0 Å². The van der Waals surface area contributed by atoms with E-state index < -0.39 is 0 Å². The molecular formula is C15H13N5. The lowest BCUT2D eigenvalue weighted by atomic mass is 10.1. The number of nitrogens with two attached hydrogens (primary N) is 2. The fourth-order valence-electron chi connectivity index (χ4n) is 1.91. The fourth-order valence-corrected chi connectivity index (χ4v) is 1.91. The second-order valence-corrected chi connectivity index (χ2v) is 4.33. The molecule has 0 saturated heterocycles. The molecule has 1 aromatic carbocycles. The third-order valence-electron chi connectivity index (χ3n) is 2.90. The Bertz CT molecular complexity index is 740. The van der Waals surface area contributed by atoms with Crippen molar-refractivity contribution in [1.29, 1.82) is 0 Å². The summed E-state index contributed by atoms with van der Waals surface area (Å²) in [6, 6.07) is 12.8. The molecule has 5 nitrogen and oxygen atoms in total. The summed E-state index contributed by atoms with van der Waals surface area (Å²) in [6.45, 7) is 0. The summed E-state index contributed by atoms with van der Waals surface area (Å²) in [7, 11) is 0. The summed E-state index contributed by atoms with van der Waals surface area (Å²) >= 11 is 0. The molecule has 3 rings (SSSR count). The Hall–Kier alpha value is -2.95. The van der Waals surface area contributed by atoms with Gasteiger partial charge in [-0.3, -0.25) is 4.98 Å². The van der Waals surface area contributed by atoms with Gasteiger partial charge in [0, 0.05) is 29.3 Å². The maximum absolute atomic E-state index is 5.96. The highest BCUT2D eigenvalue weighted by molar-refractivity contribution is 5.75. The zero-order chi connectivity index (χ0) is 13.9. The van der Waals surface area contributed by atoms with Crippen LogP contribution in [0.3, 0.4) is 0 Å². The number of rotatable bonds is 2. The third kappa shape index (κ3) is 2.29. The van der Waals surface area contributed by atoms with Crippen molar-refractivity contribution in [2.75, 3.05) is 11.5 Å². The molecule has 5 heteroatoms. The van der Waals surface area contributed by atoms with Gasteiger partial charge in [0.25, 0.3) is 0 Å². The minimum absolute atomic E-state index is 0.540. The van der Waals surface area contributed by atoms with E-state index in [1.807, 2.05) is 24.3 Å². The van der Waals surface area contributed by atoms with Crippen molar-refractivity contribution >= 4 is 11.4 Å². The lowest BCUT2D eigenvalue weighted by molar-refractivity contribution is 1.16. The van der Waals surface area contributed by atoms with Crippen molar-refractivity contribution in [1.82, 2.24) is 15.0 Å².